The normalized spacial score (nSPS) is 12.1. The highest BCUT2D eigenvalue weighted by Gasteiger charge is 2.19. The van der Waals surface area contributed by atoms with Crippen molar-refractivity contribution in [1.29, 1.82) is 0 Å². The number of hydrogen-bond acceptors (Lipinski definition) is 2. The maximum atomic E-state index is 3.52. The second-order valence-electron chi connectivity index (χ2n) is 6.14. The Morgan fingerprint density at radius 3 is 2.42 bits per heavy atom. The van der Waals surface area contributed by atoms with Gasteiger partial charge in [-0.25, -0.2) is 0 Å². The van der Waals surface area contributed by atoms with Crippen LogP contribution in [0.3, 0.4) is 0 Å². The summed E-state index contributed by atoms with van der Waals surface area (Å²) in [5, 5.41) is 3.52. The van der Waals surface area contributed by atoms with Gasteiger partial charge in [0.1, 0.15) is 0 Å². The Morgan fingerprint density at radius 1 is 1.21 bits per heavy atom. The lowest BCUT2D eigenvalue weighted by Gasteiger charge is -2.30. The van der Waals surface area contributed by atoms with Crippen LogP contribution in [0.2, 0.25) is 0 Å². The summed E-state index contributed by atoms with van der Waals surface area (Å²) >= 11 is 3.47. The predicted molar refractivity (Wildman–Crippen MR) is 87.4 cm³/mol. The van der Waals surface area contributed by atoms with Crippen molar-refractivity contribution in [3.63, 3.8) is 0 Å². The average molecular weight is 327 g/mol. The van der Waals surface area contributed by atoms with Crippen LogP contribution in [0.25, 0.3) is 0 Å². The molecule has 1 aromatic carbocycles. The smallest absolute Gasteiger partial charge is 0.0230 e. The summed E-state index contributed by atoms with van der Waals surface area (Å²) in [6, 6.07) is 8.58. The van der Waals surface area contributed by atoms with E-state index < -0.39 is 0 Å². The van der Waals surface area contributed by atoms with Gasteiger partial charge in [0.15, 0.2) is 0 Å². The zero-order chi connectivity index (χ0) is 14.3. The van der Waals surface area contributed by atoms with E-state index in [0.29, 0.717) is 5.41 Å². The third kappa shape index (κ3) is 7.09. The number of nitrogens with zero attached hydrogens (tertiary/aromatic N) is 1. The maximum Gasteiger partial charge on any atom is 0.0230 e. The SMILES string of the molecule is CCCNCC(C)(C)CN(C)Cc1ccc(Br)cc1. The summed E-state index contributed by atoms with van der Waals surface area (Å²) < 4.78 is 1.14. The molecule has 0 aliphatic rings. The zero-order valence-electron chi connectivity index (χ0n) is 12.7. The second kappa shape index (κ2) is 8.03. The molecule has 0 aliphatic heterocycles. The van der Waals surface area contributed by atoms with Crippen molar-refractivity contribution in [3.8, 4) is 0 Å². The first-order chi connectivity index (χ1) is 8.93. The monoisotopic (exact) mass is 326 g/mol. The van der Waals surface area contributed by atoms with Crippen molar-refractivity contribution in [1.82, 2.24) is 10.2 Å². The van der Waals surface area contributed by atoms with Gasteiger partial charge < -0.3 is 10.2 Å². The predicted octanol–water partition coefficient (Wildman–Crippen LogP) is 3.91. The van der Waals surface area contributed by atoms with Gasteiger partial charge in [-0.3, -0.25) is 0 Å². The standard InChI is InChI=1S/C16H27BrN2/c1-5-10-18-12-16(2,3)13-19(4)11-14-6-8-15(17)9-7-14/h6-9,18H,5,10-13H2,1-4H3. The molecular weight excluding hydrogens is 300 g/mol. The molecule has 0 radical (unpaired) electrons. The van der Waals surface area contributed by atoms with Crippen molar-refractivity contribution < 1.29 is 0 Å². The third-order valence-corrected chi connectivity index (χ3v) is 3.62. The quantitative estimate of drug-likeness (QED) is 0.729. The molecule has 0 heterocycles. The number of rotatable bonds is 8. The van der Waals surface area contributed by atoms with Crippen LogP contribution < -0.4 is 5.32 Å². The largest absolute Gasteiger partial charge is 0.316 e. The third-order valence-electron chi connectivity index (χ3n) is 3.09. The minimum Gasteiger partial charge on any atom is -0.316 e. The van der Waals surface area contributed by atoms with E-state index in [-0.39, 0.29) is 0 Å². The maximum absolute atomic E-state index is 3.52. The van der Waals surface area contributed by atoms with E-state index in [1.165, 1.54) is 12.0 Å². The summed E-state index contributed by atoms with van der Waals surface area (Å²) in [7, 11) is 2.20. The number of halogens is 1. The molecule has 0 unspecified atom stereocenters. The second-order valence-corrected chi connectivity index (χ2v) is 7.06. The van der Waals surface area contributed by atoms with Gasteiger partial charge in [-0.05, 0) is 43.1 Å². The Morgan fingerprint density at radius 2 is 1.84 bits per heavy atom. The lowest BCUT2D eigenvalue weighted by atomic mass is 9.92. The first-order valence-electron chi connectivity index (χ1n) is 7.06. The Hall–Kier alpha value is -0.380. The van der Waals surface area contributed by atoms with Gasteiger partial charge in [-0.15, -0.1) is 0 Å². The Bertz CT molecular complexity index is 360. The van der Waals surface area contributed by atoms with Crippen LogP contribution in [0.5, 0.6) is 0 Å². The Labute approximate surface area is 126 Å². The summed E-state index contributed by atoms with van der Waals surface area (Å²) in [4.78, 5) is 2.40. The molecule has 1 aromatic rings. The van der Waals surface area contributed by atoms with E-state index in [2.05, 4.69) is 78.2 Å². The highest BCUT2D eigenvalue weighted by Crippen LogP contribution is 2.17. The van der Waals surface area contributed by atoms with E-state index in [1.807, 2.05) is 0 Å². The van der Waals surface area contributed by atoms with Crippen molar-refractivity contribution in [2.75, 3.05) is 26.7 Å². The summed E-state index contributed by atoms with van der Waals surface area (Å²) in [5.74, 6) is 0. The van der Waals surface area contributed by atoms with Gasteiger partial charge in [-0.2, -0.15) is 0 Å². The highest BCUT2D eigenvalue weighted by molar-refractivity contribution is 9.10. The fourth-order valence-corrected chi connectivity index (χ4v) is 2.61. The zero-order valence-corrected chi connectivity index (χ0v) is 14.3. The first kappa shape index (κ1) is 16.7. The summed E-state index contributed by atoms with van der Waals surface area (Å²) in [5.41, 5.74) is 1.67. The minimum atomic E-state index is 0.305. The van der Waals surface area contributed by atoms with E-state index in [4.69, 9.17) is 0 Å². The van der Waals surface area contributed by atoms with Crippen LogP contribution in [0.15, 0.2) is 28.7 Å². The van der Waals surface area contributed by atoms with E-state index in [1.54, 1.807) is 0 Å². The van der Waals surface area contributed by atoms with E-state index in [0.717, 1.165) is 30.7 Å². The first-order valence-corrected chi connectivity index (χ1v) is 7.86. The van der Waals surface area contributed by atoms with Crippen molar-refractivity contribution in [3.05, 3.63) is 34.3 Å². The molecule has 19 heavy (non-hydrogen) atoms. The molecule has 0 bridgehead atoms. The van der Waals surface area contributed by atoms with Gasteiger partial charge in [0.05, 0.1) is 0 Å². The highest BCUT2D eigenvalue weighted by atomic mass is 79.9. The topological polar surface area (TPSA) is 15.3 Å². The molecular formula is C16H27BrN2. The molecule has 2 nitrogen and oxygen atoms in total. The van der Waals surface area contributed by atoms with E-state index >= 15 is 0 Å². The molecule has 0 fully saturated rings. The molecule has 3 heteroatoms. The average Bonchev–Trinajstić information content (AvgIpc) is 2.31. The fraction of sp³-hybridized carbons (Fsp3) is 0.625. The van der Waals surface area contributed by atoms with Crippen LogP contribution in [-0.4, -0.2) is 31.6 Å². The van der Waals surface area contributed by atoms with Crippen LogP contribution in [-0.2, 0) is 6.54 Å². The Balaban J connectivity index is 2.40. The van der Waals surface area contributed by atoms with Gasteiger partial charge in [0.2, 0.25) is 0 Å². The summed E-state index contributed by atoms with van der Waals surface area (Å²) in [6.45, 7) is 11.1. The number of nitrogens with one attached hydrogen (secondary N) is 1. The molecule has 0 spiro atoms. The molecule has 0 amide bonds. The van der Waals surface area contributed by atoms with E-state index in [9.17, 15) is 0 Å². The van der Waals surface area contributed by atoms with Crippen molar-refractivity contribution >= 4 is 15.9 Å². The molecule has 1 N–H and O–H groups in total. The van der Waals surface area contributed by atoms with Gasteiger partial charge in [-0.1, -0.05) is 48.8 Å². The number of benzene rings is 1. The lowest BCUT2D eigenvalue weighted by molar-refractivity contribution is 0.199. The van der Waals surface area contributed by atoms with Gasteiger partial charge in [0, 0.05) is 24.1 Å². The number of hydrogen-bond donors (Lipinski definition) is 1. The minimum absolute atomic E-state index is 0.305. The molecule has 0 saturated heterocycles. The van der Waals surface area contributed by atoms with Crippen LogP contribution in [0.4, 0.5) is 0 Å². The molecule has 0 aliphatic carbocycles. The Kier molecular flexibility index (Phi) is 7.05. The molecule has 0 atom stereocenters. The van der Waals surface area contributed by atoms with Crippen LogP contribution >= 0.6 is 15.9 Å². The lowest BCUT2D eigenvalue weighted by Crippen LogP contribution is -2.39. The van der Waals surface area contributed by atoms with Crippen molar-refractivity contribution in [2.24, 2.45) is 5.41 Å². The molecule has 0 aromatic heterocycles. The van der Waals surface area contributed by atoms with Gasteiger partial charge in [0.25, 0.3) is 0 Å². The van der Waals surface area contributed by atoms with Gasteiger partial charge >= 0.3 is 0 Å². The fourth-order valence-electron chi connectivity index (χ4n) is 2.35. The molecule has 0 saturated carbocycles. The van der Waals surface area contributed by atoms with Crippen LogP contribution in [0, 0.1) is 5.41 Å². The van der Waals surface area contributed by atoms with Crippen molar-refractivity contribution in [2.45, 2.75) is 33.7 Å². The molecule has 1 rings (SSSR count). The summed E-state index contributed by atoms with van der Waals surface area (Å²) in [6.07, 6.45) is 1.20. The van der Waals surface area contributed by atoms with Crippen LogP contribution in [0.1, 0.15) is 32.8 Å². The molecule has 108 valence electrons.